The van der Waals surface area contributed by atoms with Gasteiger partial charge in [0, 0.05) is 37.6 Å². The summed E-state index contributed by atoms with van der Waals surface area (Å²) in [6, 6.07) is 15.7. The Morgan fingerprint density at radius 1 is 1.06 bits per heavy atom. The summed E-state index contributed by atoms with van der Waals surface area (Å²) in [5.74, 6) is 0.641. The molecule has 2 aromatic carbocycles. The van der Waals surface area contributed by atoms with Crippen LogP contribution in [0.3, 0.4) is 0 Å². The maximum absolute atomic E-state index is 13.4. The van der Waals surface area contributed by atoms with Crippen molar-refractivity contribution >= 4 is 34.6 Å². The van der Waals surface area contributed by atoms with Gasteiger partial charge in [0.1, 0.15) is 12.3 Å². The lowest BCUT2D eigenvalue weighted by atomic mass is 10.1. The number of rotatable bonds is 4. The molecular weight excluding hydrogens is 404 g/mol. The summed E-state index contributed by atoms with van der Waals surface area (Å²) in [7, 11) is 1.66. The molecule has 0 bridgehead atoms. The van der Waals surface area contributed by atoms with Gasteiger partial charge in [-0.3, -0.25) is 14.6 Å². The summed E-state index contributed by atoms with van der Waals surface area (Å²) in [5.41, 5.74) is 3.62. The van der Waals surface area contributed by atoms with E-state index in [1.807, 2.05) is 53.4 Å². The lowest BCUT2D eigenvalue weighted by Gasteiger charge is -2.37. The minimum absolute atomic E-state index is 0.0102. The Kier molecular flexibility index (Phi) is 5.55. The lowest BCUT2D eigenvalue weighted by Crippen LogP contribution is -2.52. The first-order chi connectivity index (χ1) is 15.6. The molecule has 0 N–H and O–H groups in total. The normalized spacial score (nSPS) is 20.4. The van der Waals surface area contributed by atoms with Crippen molar-refractivity contribution in [2.24, 2.45) is 10.9 Å². The van der Waals surface area contributed by atoms with Gasteiger partial charge < -0.3 is 19.4 Å². The monoisotopic (exact) mass is 432 g/mol. The Labute approximate surface area is 188 Å². The van der Waals surface area contributed by atoms with Gasteiger partial charge in [0.2, 0.25) is 11.8 Å². The number of para-hydroxylation sites is 2. The molecule has 2 heterocycles. The van der Waals surface area contributed by atoms with Crippen molar-refractivity contribution in [2.45, 2.75) is 19.3 Å². The van der Waals surface area contributed by atoms with Crippen LogP contribution in [0.25, 0.3) is 0 Å². The number of anilines is 2. The quantitative estimate of drug-likeness (QED) is 0.744. The third kappa shape index (κ3) is 3.83. The average molecular weight is 433 g/mol. The molecule has 0 spiro atoms. The van der Waals surface area contributed by atoms with E-state index in [1.54, 1.807) is 12.0 Å². The van der Waals surface area contributed by atoms with Crippen LogP contribution in [-0.4, -0.2) is 62.3 Å². The zero-order valence-corrected chi connectivity index (χ0v) is 18.4. The zero-order valence-electron chi connectivity index (χ0n) is 18.4. The van der Waals surface area contributed by atoms with Crippen molar-refractivity contribution in [2.75, 3.05) is 49.6 Å². The second-order valence-electron chi connectivity index (χ2n) is 8.53. The third-order valence-corrected chi connectivity index (χ3v) is 6.69. The van der Waals surface area contributed by atoms with Crippen molar-refractivity contribution < 1.29 is 14.3 Å². The van der Waals surface area contributed by atoms with E-state index in [4.69, 9.17) is 9.73 Å². The molecule has 1 saturated carbocycles. The fourth-order valence-corrected chi connectivity index (χ4v) is 4.88. The van der Waals surface area contributed by atoms with Crippen LogP contribution in [0.5, 0.6) is 5.75 Å². The summed E-state index contributed by atoms with van der Waals surface area (Å²) < 4.78 is 5.23. The number of amides is 2. The first-order valence-corrected chi connectivity index (χ1v) is 11.3. The van der Waals surface area contributed by atoms with E-state index in [2.05, 4.69) is 4.90 Å². The first-order valence-electron chi connectivity index (χ1n) is 11.3. The van der Waals surface area contributed by atoms with Crippen LogP contribution in [0.2, 0.25) is 0 Å². The summed E-state index contributed by atoms with van der Waals surface area (Å²) in [4.78, 5) is 37.2. The molecule has 32 heavy (non-hydrogen) atoms. The van der Waals surface area contributed by atoms with Gasteiger partial charge in [-0.2, -0.15) is 0 Å². The van der Waals surface area contributed by atoms with E-state index in [0.29, 0.717) is 13.1 Å². The van der Waals surface area contributed by atoms with Crippen LogP contribution in [0.1, 0.15) is 19.3 Å². The van der Waals surface area contributed by atoms with Gasteiger partial charge in [-0.25, -0.2) is 0 Å². The Hall–Kier alpha value is -3.35. The molecule has 166 valence electrons. The van der Waals surface area contributed by atoms with Crippen LogP contribution in [0, 0.1) is 5.92 Å². The van der Waals surface area contributed by atoms with Crippen LogP contribution in [0.4, 0.5) is 17.1 Å². The van der Waals surface area contributed by atoms with Gasteiger partial charge in [0.25, 0.3) is 0 Å². The highest BCUT2D eigenvalue weighted by molar-refractivity contribution is 6.16. The van der Waals surface area contributed by atoms with Crippen molar-refractivity contribution in [1.82, 2.24) is 4.90 Å². The topological polar surface area (TPSA) is 65.5 Å². The highest BCUT2D eigenvalue weighted by Gasteiger charge is 2.37. The van der Waals surface area contributed by atoms with Gasteiger partial charge in [0.15, 0.2) is 0 Å². The Morgan fingerprint density at radius 3 is 2.56 bits per heavy atom. The van der Waals surface area contributed by atoms with Crippen LogP contribution >= 0.6 is 0 Å². The van der Waals surface area contributed by atoms with Crippen molar-refractivity contribution in [3.8, 4) is 5.75 Å². The molecule has 5 rings (SSSR count). The number of benzene rings is 2. The molecule has 3 aliphatic rings. The molecule has 1 saturated heterocycles. The third-order valence-electron chi connectivity index (χ3n) is 6.69. The molecule has 7 heteroatoms. The second-order valence-corrected chi connectivity index (χ2v) is 8.53. The van der Waals surface area contributed by atoms with Gasteiger partial charge in [-0.1, -0.05) is 12.1 Å². The fourth-order valence-electron chi connectivity index (χ4n) is 4.88. The molecule has 0 unspecified atom stereocenters. The number of fused-ring (bicyclic) bond motifs is 2. The second kappa shape index (κ2) is 8.65. The Balaban J connectivity index is 1.27. The largest absolute Gasteiger partial charge is 0.497 e. The number of carbonyl (C=O) groups is 2. The molecule has 2 amide bonds. The minimum Gasteiger partial charge on any atom is -0.497 e. The number of aliphatic imine (C=N–C) groups is 1. The summed E-state index contributed by atoms with van der Waals surface area (Å²) in [6.07, 6.45) is 2.66. The van der Waals surface area contributed by atoms with Gasteiger partial charge in [-0.15, -0.1) is 0 Å². The number of hydrogen-bond donors (Lipinski definition) is 0. The number of piperazine rings is 1. The van der Waals surface area contributed by atoms with Crippen LogP contribution in [0.15, 0.2) is 53.5 Å². The van der Waals surface area contributed by atoms with Gasteiger partial charge in [0.05, 0.1) is 24.4 Å². The predicted octanol–water partition coefficient (Wildman–Crippen LogP) is 3.26. The lowest BCUT2D eigenvalue weighted by molar-refractivity contribution is -0.132. The average Bonchev–Trinajstić information content (AvgIpc) is 3.27. The van der Waals surface area contributed by atoms with Crippen molar-refractivity contribution in [1.29, 1.82) is 0 Å². The van der Waals surface area contributed by atoms with Gasteiger partial charge in [-0.05, 0) is 55.7 Å². The van der Waals surface area contributed by atoms with Crippen molar-refractivity contribution in [3.63, 3.8) is 0 Å². The number of carbonyl (C=O) groups excluding carboxylic acids is 2. The van der Waals surface area contributed by atoms with E-state index >= 15 is 0 Å². The molecule has 7 nitrogen and oxygen atoms in total. The predicted molar refractivity (Wildman–Crippen MR) is 125 cm³/mol. The highest BCUT2D eigenvalue weighted by Crippen LogP contribution is 2.37. The van der Waals surface area contributed by atoms with Crippen LogP contribution < -0.4 is 14.5 Å². The molecule has 2 fully saturated rings. The molecule has 0 aromatic heterocycles. The first kappa shape index (κ1) is 20.5. The summed E-state index contributed by atoms with van der Waals surface area (Å²) in [6.45, 7) is 2.87. The standard InChI is InChI=1S/C25H28N4O3/c1-32-19-11-9-18(10-12-19)27-13-15-28(16-14-27)24(30)17-29-23-8-3-2-6-22(23)26-21-7-4-5-20(21)25(29)31/h2-3,6,8-12,20H,4-5,7,13-17H2,1H3/t20-/m1/s1. The van der Waals surface area contributed by atoms with E-state index in [1.165, 1.54) is 0 Å². The Morgan fingerprint density at radius 2 is 1.81 bits per heavy atom. The fraction of sp³-hybridized carbons (Fsp3) is 0.400. The number of ether oxygens (including phenoxy) is 1. The SMILES string of the molecule is COc1ccc(N2CCN(C(=O)CN3C(=O)[C@@H]4CCCC4=Nc4ccccc43)CC2)cc1. The Bertz CT molecular complexity index is 1040. The van der Waals surface area contributed by atoms with Crippen LogP contribution in [-0.2, 0) is 9.59 Å². The van der Waals surface area contributed by atoms with Crippen molar-refractivity contribution in [3.05, 3.63) is 48.5 Å². The molecule has 1 atom stereocenters. The highest BCUT2D eigenvalue weighted by atomic mass is 16.5. The maximum atomic E-state index is 13.4. The molecule has 2 aromatic rings. The number of hydrogen-bond acceptors (Lipinski definition) is 5. The zero-order chi connectivity index (χ0) is 22.1. The minimum atomic E-state index is -0.192. The number of methoxy groups -OCH3 is 1. The summed E-state index contributed by atoms with van der Waals surface area (Å²) >= 11 is 0. The molecular formula is C25H28N4O3. The van der Waals surface area contributed by atoms with E-state index < -0.39 is 0 Å². The molecule has 2 aliphatic heterocycles. The van der Waals surface area contributed by atoms with E-state index in [-0.39, 0.29) is 24.3 Å². The van der Waals surface area contributed by atoms with E-state index in [9.17, 15) is 9.59 Å². The molecule has 1 aliphatic carbocycles. The van der Waals surface area contributed by atoms with E-state index in [0.717, 1.165) is 60.9 Å². The summed E-state index contributed by atoms with van der Waals surface area (Å²) in [5, 5.41) is 0. The maximum Gasteiger partial charge on any atom is 0.242 e. The smallest absolute Gasteiger partial charge is 0.242 e. The van der Waals surface area contributed by atoms with Gasteiger partial charge >= 0.3 is 0 Å². The molecule has 0 radical (unpaired) electrons. The number of nitrogens with zero attached hydrogens (tertiary/aromatic N) is 4.